The highest BCUT2D eigenvalue weighted by Crippen LogP contribution is 2.35. The van der Waals surface area contributed by atoms with Gasteiger partial charge in [-0.3, -0.25) is 4.79 Å². The molecule has 2 rings (SSSR count). The first kappa shape index (κ1) is 22.6. The lowest BCUT2D eigenvalue weighted by Gasteiger charge is -2.11. The zero-order valence-corrected chi connectivity index (χ0v) is 19.9. The quantitative estimate of drug-likeness (QED) is 0.320. The van der Waals surface area contributed by atoms with E-state index >= 15 is 0 Å². The summed E-state index contributed by atoms with van der Waals surface area (Å²) >= 11 is 7.06. The number of rotatable bonds is 8. The number of benzene rings is 2. The van der Waals surface area contributed by atoms with Crippen LogP contribution in [0.5, 0.6) is 5.75 Å². The normalized spacial score (nSPS) is 11.6. The molecule has 0 bridgehead atoms. The number of nitrogens with one attached hydrogen (secondary N) is 1. The summed E-state index contributed by atoms with van der Waals surface area (Å²) in [6.45, 7) is 8.72. The standard InChI is InChI=1S/C22H26Br2N2O2/c1-14(2)5-6-16(4)25-26-22(27)18-9-7-17(8-10-18)13-28-21-19(23)11-15(3)12-20(21)24/h7-12,14H,5-6,13H2,1-4H3,(H,26,27). The minimum absolute atomic E-state index is 0.208. The Bertz CT molecular complexity index is 823. The molecule has 0 saturated carbocycles. The molecule has 0 heterocycles. The van der Waals surface area contributed by atoms with Crippen LogP contribution in [0.4, 0.5) is 0 Å². The van der Waals surface area contributed by atoms with E-state index in [1.54, 1.807) is 12.1 Å². The molecule has 150 valence electrons. The van der Waals surface area contributed by atoms with Crippen LogP contribution in [0.25, 0.3) is 0 Å². The van der Waals surface area contributed by atoms with E-state index < -0.39 is 0 Å². The largest absolute Gasteiger partial charge is 0.487 e. The number of hydrogen-bond donors (Lipinski definition) is 1. The van der Waals surface area contributed by atoms with Gasteiger partial charge in [0.2, 0.25) is 0 Å². The first-order valence-corrected chi connectivity index (χ1v) is 10.9. The van der Waals surface area contributed by atoms with Gasteiger partial charge in [-0.15, -0.1) is 0 Å². The van der Waals surface area contributed by atoms with Crippen LogP contribution in [-0.4, -0.2) is 11.6 Å². The molecule has 0 saturated heterocycles. The maximum absolute atomic E-state index is 12.2. The fraction of sp³-hybridized carbons (Fsp3) is 0.364. The molecule has 4 nitrogen and oxygen atoms in total. The maximum Gasteiger partial charge on any atom is 0.271 e. The second-order valence-corrected chi connectivity index (χ2v) is 8.97. The molecule has 0 aromatic heterocycles. The minimum Gasteiger partial charge on any atom is -0.487 e. The minimum atomic E-state index is -0.208. The number of amides is 1. The number of carbonyl (C=O) groups excluding carboxylic acids is 1. The summed E-state index contributed by atoms with van der Waals surface area (Å²) in [4.78, 5) is 12.2. The number of nitrogens with zero attached hydrogens (tertiary/aromatic N) is 1. The van der Waals surface area contributed by atoms with Crippen LogP contribution in [0.2, 0.25) is 0 Å². The van der Waals surface area contributed by atoms with E-state index in [9.17, 15) is 4.79 Å². The van der Waals surface area contributed by atoms with Gasteiger partial charge in [-0.05, 0) is 99.9 Å². The maximum atomic E-state index is 12.2. The molecule has 0 spiro atoms. The van der Waals surface area contributed by atoms with Crippen molar-refractivity contribution in [1.29, 1.82) is 0 Å². The van der Waals surface area contributed by atoms with Gasteiger partial charge in [0.15, 0.2) is 0 Å². The first-order valence-electron chi connectivity index (χ1n) is 9.27. The zero-order valence-electron chi connectivity index (χ0n) is 16.7. The molecule has 2 aromatic rings. The Morgan fingerprint density at radius 2 is 1.75 bits per heavy atom. The van der Waals surface area contributed by atoms with Gasteiger partial charge in [0.05, 0.1) is 8.95 Å². The lowest BCUT2D eigenvalue weighted by molar-refractivity contribution is 0.0954. The number of carbonyl (C=O) groups is 1. The number of aryl methyl sites for hydroxylation is 1. The van der Waals surface area contributed by atoms with Crippen molar-refractivity contribution in [2.45, 2.75) is 47.1 Å². The Morgan fingerprint density at radius 1 is 1.14 bits per heavy atom. The monoisotopic (exact) mass is 508 g/mol. The molecule has 2 aromatic carbocycles. The number of ether oxygens (including phenoxy) is 1. The molecular weight excluding hydrogens is 484 g/mol. The molecule has 0 aliphatic heterocycles. The number of hydrazone groups is 1. The second kappa shape index (κ2) is 10.8. The molecule has 0 aliphatic carbocycles. The summed E-state index contributed by atoms with van der Waals surface area (Å²) in [5.41, 5.74) is 6.25. The lowest BCUT2D eigenvalue weighted by Crippen LogP contribution is -2.19. The van der Waals surface area contributed by atoms with Gasteiger partial charge in [-0.1, -0.05) is 26.0 Å². The van der Waals surface area contributed by atoms with Crippen LogP contribution in [0.1, 0.15) is 55.1 Å². The van der Waals surface area contributed by atoms with E-state index in [-0.39, 0.29) is 5.91 Å². The Labute approximate surface area is 184 Å². The van der Waals surface area contributed by atoms with Crippen LogP contribution in [-0.2, 0) is 6.61 Å². The molecule has 1 amide bonds. The van der Waals surface area contributed by atoms with Gasteiger partial charge in [0.25, 0.3) is 5.91 Å². The molecule has 1 N–H and O–H groups in total. The topological polar surface area (TPSA) is 50.7 Å². The summed E-state index contributed by atoms with van der Waals surface area (Å²) in [6.07, 6.45) is 1.95. The molecule has 0 radical (unpaired) electrons. The number of hydrogen-bond acceptors (Lipinski definition) is 3. The highest BCUT2D eigenvalue weighted by Gasteiger charge is 2.09. The van der Waals surface area contributed by atoms with Crippen LogP contribution in [0, 0.1) is 12.8 Å². The third-order valence-electron chi connectivity index (χ3n) is 4.17. The summed E-state index contributed by atoms with van der Waals surface area (Å²) in [7, 11) is 0. The van der Waals surface area contributed by atoms with Crippen molar-refractivity contribution in [3.63, 3.8) is 0 Å². The van der Waals surface area contributed by atoms with Crippen molar-refractivity contribution in [2.75, 3.05) is 0 Å². The van der Waals surface area contributed by atoms with Crippen LogP contribution < -0.4 is 10.2 Å². The Kier molecular flexibility index (Phi) is 8.70. The van der Waals surface area contributed by atoms with Crippen LogP contribution in [0.15, 0.2) is 50.4 Å². The second-order valence-electron chi connectivity index (χ2n) is 7.26. The molecule has 0 unspecified atom stereocenters. The van der Waals surface area contributed by atoms with E-state index in [0.29, 0.717) is 18.1 Å². The number of halogens is 2. The van der Waals surface area contributed by atoms with E-state index in [1.165, 1.54) is 0 Å². The smallest absolute Gasteiger partial charge is 0.271 e. The Morgan fingerprint density at radius 3 is 2.32 bits per heavy atom. The summed E-state index contributed by atoms with van der Waals surface area (Å²) < 4.78 is 7.73. The van der Waals surface area contributed by atoms with E-state index in [1.807, 2.05) is 38.1 Å². The fourth-order valence-electron chi connectivity index (χ4n) is 2.50. The highest BCUT2D eigenvalue weighted by molar-refractivity contribution is 9.11. The van der Waals surface area contributed by atoms with Crippen molar-refractivity contribution in [3.8, 4) is 5.75 Å². The Balaban J connectivity index is 1.92. The van der Waals surface area contributed by atoms with Gasteiger partial charge in [0.1, 0.15) is 12.4 Å². The van der Waals surface area contributed by atoms with E-state index in [4.69, 9.17) is 4.74 Å². The van der Waals surface area contributed by atoms with Gasteiger partial charge in [0, 0.05) is 11.3 Å². The van der Waals surface area contributed by atoms with Gasteiger partial charge < -0.3 is 4.74 Å². The van der Waals surface area contributed by atoms with Gasteiger partial charge in [-0.2, -0.15) is 5.10 Å². The van der Waals surface area contributed by atoms with Crippen molar-refractivity contribution in [1.82, 2.24) is 5.43 Å². The molecule has 0 atom stereocenters. The zero-order chi connectivity index (χ0) is 20.7. The Hall–Kier alpha value is -1.66. The average molecular weight is 510 g/mol. The first-order chi connectivity index (χ1) is 13.3. The predicted molar refractivity (Wildman–Crippen MR) is 122 cm³/mol. The molecule has 6 heteroatoms. The van der Waals surface area contributed by atoms with Crippen molar-refractivity contribution in [3.05, 3.63) is 62.0 Å². The van der Waals surface area contributed by atoms with Crippen LogP contribution in [0.3, 0.4) is 0 Å². The van der Waals surface area contributed by atoms with E-state index in [2.05, 4.69) is 56.2 Å². The third kappa shape index (κ3) is 7.06. The van der Waals surface area contributed by atoms with Crippen LogP contribution >= 0.6 is 31.9 Å². The molecule has 28 heavy (non-hydrogen) atoms. The van der Waals surface area contributed by atoms with E-state index in [0.717, 1.165) is 44.4 Å². The molecule has 0 fully saturated rings. The molecule has 0 aliphatic rings. The van der Waals surface area contributed by atoms with Gasteiger partial charge >= 0.3 is 0 Å². The average Bonchev–Trinajstić information content (AvgIpc) is 2.64. The third-order valence-corrected chi connectivity index (χ3v) is 5.35. The summed E-state index contributed by atoms with van der Waals surface area (Å²) in [6, 6.07) is 11.4. The lowest BCUT2D eigenvalue weighted by atomic mass is 10.1. The molecular formula is C22H26Br2N2O2. The summed E-state index contributed by atoms with van der Waals surface area (Å²) in [5.74, 6) is 1.18. The van der Waals surface area contributed by atoms with Crippen molar-refractivity contribution in [2.24, 2.45) is 11.0 Å². The fourth-order valence-corrected chi connectivity index (χ4v) is 4.14. The SMILES string of the molecule is CC(CCC(C)C)=NNC(=O)c1ccc(COc2c(Br)cc(C)cc2Br)cc1. The predicted octanol–water partition coefficient (Wildman–Crippen LogP) is 6.64. The van der Waals surface area contributed by atoms with Crippen molar-refractivity contribution >= 4 is 43.5 Å². The summed E-state index contributed by atoms with van der Waals surface area (Å²) in [5, 5.41) is 4.18. The van der Waals surface area contributed by atoms with Gasteiger partial charge in [-0.25, -0.2) is 5.43 Å². The highest BCUT2D eigenvalue weighted by atomic mass is 79.9. The van der Waals surface area contributed by atoms with Crippen molar-refractivity contribution < 1.29 is 9.53 Å².